The average molecular weight is 306 g/mol. The highest BCUT2D eigenvalue weighted by Crippen LogP contribution is 2.50. The van der Waals surface area contributed by atoms with Crippen LogP contribution in [0.5, 0.6) is 0 Å². The topological polar surface area (TPSA) is 96.9 Å². The van der Waals surface area contributed by atoms with Crippen molar-refractivity contribution in [1.82, 2.24) is 10.6 Å². The van der Waals surface area contributed by atoms with Gasteiger partial charge in [0.15, 0.2) is 0 Å². The quantitative estimate of drug-likeness (QED) is 0.700. The summed E-state index contributed by atoms with van der Waals surface area (Å²) in [4.78, 5) is 23.0. The zero-order valence-corrected chi connectivity index (χ0v) is 12.1. The number of hydrogen-bond acceptors (Lipinski definition) is 5. The number of rotatable bonds is 4. The molecule has 2 heterocycles. The number of hydrogen-bond donors (Lipinski definition) is 3. The average Bonchev–Trinajstić information content (AvgIpc) is 3.03. The Hall–Kier alpha value is -2.12. The van der Waals surface area contributed by atoms with E-state index in [4.69, 9.17) is 9.47 Å². The molecular formula is C15H18N2O5. The lowest BCUT2D eigenvalue weighted by Gasteiger charge is -2.26. The Kier molecular flexibility index (Phi) is 4.00. The van der Waals surface area contributed by atoms with Crippen LogP contribution in [0.2, 0.25) is 0 Å². The second-order valence-electron chi connectivity index (χ2n) is 5.25. The molecule has 0 aromatic heterocycles. The summed E-state index contributed by atoms with van der Waals surface area (Å²) in [6, 6.07) is 6.56. The molecule has 0 unspecified atom stereocenters. The molecule has 2 aliphatic heterocycles. The minimum absolute atomic E-state index is 0.214. The molecule has 7 nitrogen and oxygen atoms in total. The molecule has 1 fully saturated rings. The van der Waals surface area contributed by atoms with Crippen LogP contribution in [0.25, 0.3) is 0 Å². The van der Waals surface area contributed by atoms with E-state index in [0.717, 1.165) is 11.1 Å². The van der Waals surface area contributed by atoms with Gasteiger partial charge in [-0.25, -0.2) is 4.79 Å². The Morgan fingerprint density at radius 2 is 1.95 bits per heavy atom. The van der Waals surface area contributed by atoms with Gasteiger partial charge in [-0.1, -0.05) is 24.3 Å². The lowest BCUT2D eigenvalue weighted by Crippen LogP contribution is -2.50. The normalized spacial score (nSPS) is 28.1. The standard InChI is InChI=1S/C15H18N2O5/c1-2-21-10(18)7-16-15(20)17-11-12(19)14-9-6-4-3-5-8(9)13(11)22-14/h3-6,11-14,19H,2,7H2,1H3,(H2,16,17,20)/t11-,12-,13-,14+/m0/s1. The number of carbonyl (C=O) groups excluding carboxylic acids is 2. The molecular weight excluding hydrogens is 288 g/mol. The molecule has 3 rings (SSSR count). The number of nitrogens with one attached hydrogen (secondary N) is 2. The smallest absolute Gasteiger partial charge is 0.325 e. The fourth-order valence-corrected chi connectivity index (χ4v) is 2.97. The summed E-state index contributed by atoms with van der Waals surface area (Å²) >= 11 is 0. The van der Waals surface area contributed by atoms with Gasteiger partial charge < -0.3 is 25.2 Å². The van der Waals surface area contributed by atoms with Crippen molar-refractivity contribution in [3.8, 4) is 0 Å². The molecule has 2 aliphatic rings. The van der Waals surface area contributed by atoms with E-state index in [1.807, 2.05) is 24.3 Å². The van der Waals surface area contributed by atoms with Crippen molar-refractivity contribution in [3.05, 3.63) is 35.4 Å². The molecule has 0 radical (unpaired) electrons. The zero-order valence-electron chi connectivity index (χ0n) is 12.1. The van der Waals surface area contributed by atoms with Crippen molar-refractivity contribution in [2.45, 2.75) is 31.3 Å². The van der Waals surface area contributed by atoms with Gasteiger partial charge >= 0.3 is 12.0 Å². The van der Waals surface area contributed by atoms with Crippen LogP contribution in [-0.4, -0.2) is 42.4 Å². The number of esters is 1. The van der Waals surface area contributed by atoms with Gasteiger partial charge in [0.25, 0.3) is 0 Å². The summed E-state index contributed by atoms with van der Waals surface area (Å²) < 4.78 is 10.5. The van der Waals surface area contributed by atoms with Crippen LogP contribution in [0.1, 0.15) is 30.3 Å². The van der Waals surface area contributed by atoms with E-state index in [-0.39, 0.29) is 19.3 Å². The monoisotopic (exact) mass is 306 g/mol. The van der Waals surface area contributed by atoms with Gasteiger partial charge in [0.05, 0.1) is 12.6 Å². The molecule has 1 saturated heterocycles. The Labute approximate surface area is 127 Å². The van der Waals surface area contributed by atoms with E-state index in [0.29, 0.717) is 0 Å². The Bertz CT molecular complexity index is 591. The maximum Gasteiger partial charge on any atom is 0.325 e. The molecule has 2 amide bonds. The highest BCUT2D eigenvalue weighted by Gasteiger charge is 2.52. The summed E-state index contributed by atoms with van der Waals surface area (Å²) in [7, 11) is 0. The molecule has 3 N–H and O–H groups in total. The first-order chi connectivity index (χ1) is 10.6. The van der Waals surface area contributed by atoms with Crippen molar-refractivity contribution < 1.29 is 24.2 Å². The van der Waals surface area contributed by atoms with Gasteiger partial charge in [0.1, 0.15) is 24.9 Å². The maximum atomic E-state index is 11.8. The van der Waals surface area contributed by atoms with Crippen molar-refractivity contribution in [2.75, 3.05) is 13.2 Å². The van der Waals surface area contributed by atoms with Crippen LogP contribution in [-0.2, 0) is 14.3 Å². The third-order valence-electron chi connectivity index (χ3n) is 3.90. The van der Waals surface area contributed by atoms with E-state index in [2.05, 4.69) is 10.6 Å². The number of aliphatic hydroxyl groups excluding tert-OH is 1. The van der Waals surface area contributed by atoms with Crippen LogP contribution < -0.4 is 10.6 Å². The number of urea groups is 1. The molecule has 7 heteroatoms. The third-order valence-corrected chi connectivity index (χ3v) is 3.90. The van der Waals surface area contributed by atoms with Gasteiger partial charge in [-0.15, -0.1) is 0 Å². The van der Waals surface area contributed by atoms with E-state index >= 15 is 0 Å². The largest absolute Gasteiger partial charge is 0.465 e. The number of carbonyl (C=O) groups is 2. The molecule has 1 aromatic rings. The van der Waals surface area contributed by atoms with Crippen LogP contribution in [0.3, 0.4) is 0 Å². The van der Waals surface area contributed by atoms with E-state index in [1.165, 1.54) is 0 Å². The first-order valence-corrected chi connectivity index (χ1v) is 7.24. The van der Waals surface area contributed by atoms with Gasteiger partial charge in [-0.3, -0.25) is 4.79 Å². The molecule has 2 bridgehead atoms. The van der Waals surface area contributed by atoms with E-state index < -0.39 is 30.3 Å². The van der Waals surface area contributed by atoms with Crippen LogP contribution >= 0.6 is 0 Å². The Morgan fingerprint density at radius 3 is 2.64 bits per heavy atom. The van der Waals surface area contributed by atoms with Crippen molar-refractivity contribution in [1.29, 1.82) is 0 Å². The van der Waals surface area contributed by atoms with Crippen molar-refractivity contribution in [3.63, 3.8) is 0 Å². The zero-order chi connectivity index (χ0) is 15.7. The highest BCUT2D eigenvalue weighted by molar-refractivity contribution is 5.81. The Morgan fingerprint density at radius 1 is 1.27 bits per heavy atom. The fourth-order valence-electron chi connectivity index (χ4n) is 2.97. The number of fused-ring (bicyclic) bond motifs is 5. The summed E-state index contributed by atoms with van der Waals surface area (Å²) in [6.07, 6.45) is -1.60. The maximum absolute atomic E-state index is 11.8. The van der Waals surface area contributed by atoms with Crippen LogP contribution in [0, 0.1) is 0 Å². The molecule has 0 spiro atoms. The minimum atomic E-state index is -0.812. The molecule has 0 aliphatic carbocycles. The number of amides is 2. The van der Waals surface area contributed by atoms with E-state index in [1.54, 1.807) is 6.92 Å². The van der Waals surface area contributed by atoms with Crippen molar-refractivity contribution >= 4 is 12.0 Å². The lowest BCUT2D eigenvalue weighted by molar-refractivity contribution is -0.141. The first-order valence-electron chi connectivity index (χ1n) is 7.24. The van der Waals surface area contributed by atoms with Gasteiger partial charge in [0, 0.05) is 0 Å². The third kappa shape index (κ3) is 2.53. The molecule has 22 heavy (non-hydrogen) atoms. The van der Waals surface area contributed by atoms with E-state index in [9.17, 15) is 14.7 Å². The second kappa shape index (κ2) is 5.94. The van der Waals surface area contributed by atoms with Crippen LogP contribution in [0.15, 0.2) is 24.3 Å². The Balaban J connectivity index is 1.60. The lowest BCUT2D eigenvalue weighted by atomic mass is 9.86. The highest BCUT2D eigenvalue weighted by atomic mass is 16.5. The molecule has 4 atom stereocenters. The first kappa shape index (κ1) is 14.8. The van der Waals surface area contributed by atoms with Gasteiger partial charge in [0.2, 0.25) is 0 Å². The SMILES string of the molecule is CCOC(=O)CNC(=O)N[C@H]1[C@H](O)[C@@H]2O[C@H]1c1ccccc12. The summed E-state index contributed by atoms with van der Waals surface area (Å²) in [6.45, 7) is 1.74. The predicted octanol–water partition coefficient (Wildman–Crippen LogP) is 0.404. The van der Waals surface area contributed by atoms with Gasteiger partial charge in [-0.05, 0) is 18.1 Å². The summed E-state index contributed by atoms with van der Waals surface area (Å²) in [5.41, 5.74) is 1.94. The molecule has 1 aromatic carbocycles. The van der Waals surface area contributed by atoms with Crippen LogP contribution in [0.4, 0.5) is 4.79 Å². The molecule has 118 valence electrons. The number of benzene rings is 1. The summed E-state index contributed by atoms with van der Waals surface area (Å²) in [5.74, 6) is -0.507. The predicted molar refractivity (Wildman–Crippen MR) is 76.0 cm³/mol. The molecule has 0 saturated carbocycles. The summed E-state index contributed by atoms with van der Waals surface area (Å²) in [5, 5.41) is 15.3. The van der Waals surface area contributed by atoms with Crippen molar-refractivity contribution in [2.24, 2.45) is 0 Å². The fraction of sp³-hybridized carbons (Fsp3) is 0.467. The second-order valence-corrected chi connectivity index (χ2v) is 5.25. The minimum Gasteiger partial charge on any atom is -0.465 e. The van der Waals surface area contributed by atoms with Gasteiger partial charge in [-0.2, -0.15) is 0 Å². The number of ether oxygens (including phenoxy) is 2. The number of aliphatic hydroxyl groups is 1.